The minimum atomic E-state index is 0.0337. The molecular weight excluding hydrogens is 288 g/mol. The summed E-state index contributed by atoms with van der Waals surface area (Å²) in [5.74, 6) is 0.0337. The van der Waals surface area contributed by atoms with Gasteiger partial charge in [0.1, 0.15) is 5.15 Å². The van der Waals surface area contributed by atoms with Crippen molar-refractivity contribution >= 4 is 28.4 Å². The average Bonchev–Trinajstić information content (AvgIpc) is 2.44. The zero-order valence-electron chi connectivity index (χ0n) is 12.0. The first-order valence-corrected chi connectivity index (χ1v) is 7.32. The van der Waals surface area contributed by atoms with Crippen molar-refractivity contribution in [2.45, 2.75) is 25.0 Å². The molecule has 1 saturated carbocycles. The summed E-state index contributed by atoms with van der Waals surface area (Å²) in [6.07, 6.45) is 2.10. The van der Waals surface area contributed by atoms with Crippen molar-refractivity contribution in [1.82, 2.24) is 9.88 Å². The molecule has 0 bridgehead atoms. The maximum atomic E-state index is 12.5. The molecule has 1 heterocycles. The molecule has 0 spiro atoms. The summed E-state index contributed by atoms with van der Waals surface area (Å²) in [7, 11) is 3.56. The number of ether oxygens (including phenoxy) is 1. The summed E-state index contributed by atoms with van der Waals surface area (Å²) < 4.78 is 5.26. The molecule has 1 fully saturated rings. The number of amides is 1. The van der Waals surface area contributed by atoms with Crippen LogP contribution in [0.3, 0.4) is 0 Å². The van der Waals surface area contributed by atoms with Crippen molar-refractivity contribution in [2.75, 3.05) is 14.2 Å². The van der Waals surface area contributed by atoms with E-state index in [-0.39, 0.29) is 18.1 Å². The molecule has 1 amide bonds. The van der Waals surface area contributed by atoms with Gasteiger partial charge < -0.3 is 9.64 Å². The highest BCUT2D eigenvalue weighted by Crippen LogP contribution is 2.28. The van der Waals surface area contributed by atoms with Gasteiger partial charge in [-0.2, -0.15) is 0 Å². The minimum Gasteiger partial charge on any atom is -0.381 e. The van der Waals surface area contributed by atoms with Gasteiger partial charge in [0.05, 0.1) is 11.6 Å². The highest BCUT2D eigenvalue weighted by molar-refractivity contribution is 6.29. The van der Waals surface area contributed by atoms with Crippen molar-refractivity contribution in [2.24, 2.45) is 0 Å². The molecule has 3 rings (SSSR count). The summed E-state index contributed by atoms with van der Waals surface area (Å²) in [6.45, 7) is 0. The summed E-state index contributed by atoms with van der Waals surface area (Å²) in [5.41, 5.74) is 1.47. The second-order valence-electron chi connectivity index (χ2n) is 5.44. The standard InChI is InChI=1S/C16H17ClN2O2/c1-19(12-8-13(9-12)21-2)16(20)11-3-5-14-10(7-11)4-6-15(17)18-14/h3-7,12-13H,8-9H2,1-2H3. The summed E-state index contributed by atoms with van der Waals surface area (Å²) in [6, 6.07) is 9.38. The van der Waals surface area contributed by atoms with E-state index in [1.54, 1.807) is 24.1 Å². The third kappa shape index (κ3) is 2.74. The largest absolute Gasteiger partial charge is 0.381 e. The molecule has 5 heteroatoms. The summed E-state index contributed by atoms with van der Waals surface area (Å²) in [5, 5.41) is 1.38. The second-order valence-corrected chi connectivity index (χ2v) is 5.83. The lowest BCUT2D eigenvalue weighted by atomic mass is 9.88. The fourth-order valence-corrected chi connectivity index (χ4v) is 2.80. The lowest BCUT2D eigenvalue weighted by molar-refractivity contribution is -0.0144. The fourth-order valence-electron chi connectivity index (χ4n) is 2.65. The predicted molar refractivity (Wildman–Crippen MR) is 82.7 cm³/mol. The van der Waals surface area contributed by atoms with Crippen molar-refractivity contribution < 1.29 is 9.53 Å². The first-order chi connectivity index (χ1) is 10.1. The second kappa shape index (κ2) is 5.62. The van der Waals surface area contributed by atoms with Crippen molar-refractivity contribution in [1.29, 1.82) is 0 Å². The predicted octanol–water partition coefficient (Wildman–Crippen LogP) is 3.14. The first kappa shape index (κ1) is 14.3. The van der Waals surface area contributed by atoms with Gasteiger partial charge in [-0.3, -0.25) is 4.79 Å². The molecule has 0 saturated heterocycles. The maximum absolute atomic E-state index is 12.5. The van der Waals surface area contributed by atoms with Gasteiger partial charge in [0.25, 0.3) is 5.91 Å². The number of pyridine rings is 1. The van der Waals surface area contributed by atoms with E-state index < -0.39 is 0 Å². The van der Waals surface area contributed by atoms with E-state index in [0.29, 0.717) is 10.7 Å². The molecule has 1 aliphatic carbocycles. The van der Waals surface area contributed by atoms with Gasteiger partial charge in [-0.25, -0.2) is 4.98 Å². The molecule has 110 valence electrons. The fraction of sp³-hybridized carbons (Fsp3) is 0.375. The minimum absolute atomic E-state index is 0.0337. The SMILES string of the molecule is COC1CC(N(C)C(=O)c2ccc3nc(Cl)ccc3c2)C1. The van der Waals surface area contributed by atoms with E-state index in [1.807, 2.05) is 25.2 Å². The number of aromatic nitrogens is 1. The van der Waals surface area contributed by atoms with E-state index in [4.69, 9.17) is 16.3 Å². The molecule has 0 atom stereocenters. The van der Waals surface area contributed by atoms with Gasteiger partial charge in [-0.1, -0.05) is 11.6 Å². The van der Waals surface area contributed by atoms with Crippen LogP contribution in [-0.4, -0.2) is 42.1 Å². The average molecular weight is 305 g/mol. The lowest BCUT2D eigenvalue weighted by Crippen LogP contribution is -2.48. The Balaban J connectivity index is 1.80. The number of nitrogens with zero attached hydrogens (tertiary/aromatic N) is 2. The molecular formula is C16H17ClN2O2. The molecule has 0 unspecified atom stereocenters. The number of rotatable bonds is 3. The Morgan fingerprint density at radius 2 is 2.10 bits per heavy atom. The summed E-state index contributed by atoms with van der Waals surface area (Å²) in [4.78, 5) is 18.6. The van der Waals surface area contributed by atoms with Crippen LogP contribution in [-0.2, 0) is 4.74 Å². The number of hydrogen-bond donors (Lipinski definition) is 0. The van der Waals surface area contributed by atoms with Crippen LogP contribution < -0.4 is 0 Å². The number of fused-ring (bicyclic) bond motifs is 1. The van der Waals surface area contributed by atoms with Crippen LogP contribution in [0.2, 0.25) is 5.15 Å². The maximum Gasteiger partial charge on any atom is 0.253 e. The van der Waals surface area contributed by atoms with Crippen LogP contribution in [0.4, 0.5) is 0 Å². The highest BCUT2D eigenvalue weighted by atomic mass is 35.5. The number of carbonyl (C=O) groups excluding carboxylic acids is 1. The number of benzene rings is 1. The Bertz CT molecular complexity index is 683. The van der Waals surface area contributed by atoms with Gasteiger partial charge in [-0.15, -0.1) is 0 Å². The Morgan fingerprint density at radius 3 is 2.81 bits per heavy atom. The zero-order chi connectivity index (χ0) is 15.0. The molecule has 2 aromatic rings. The van der Waals surface area contributed by atoms with E-state index in [1.165, 1.54) is 0 Å². The van der Waals surface area contributed by atoms with Crippen LogP contribution in [0.1, 0.15) is 23.2 Å². The smallest absolute Gasteiger partial charge is 0.253 e. The van der Waals surface area contributed by atoms with E-state index >= 15 is 0 Å². The normalized spacial score (nSPS) is 21.1. The highest BCUT2D eigenvalue weighted by Gasteiger charge is 2.34. The molecule has 0 radical (unpaired) electrons. The number of methoxy groups -OCH3 is 1. The number of hydrogen-bond acceptors (Lipinski definition) is 3. The van der Waals surface area contributed by atoms with Crippen LogP contribution in [0.5, 0.6) is 0 Å². The quantitative estimate of drug-likeness (QED) is 0.818. The molecule has 0 aliphatic heterocycles. The van der Waals surface area contributed by atoms with Crippen LogP contribution >= 0.6 is 11.6 Å². The Kier molecular flexibility index (Phi) is 3.83. The van der Waals surface area contributed by atoms with Crippen molar-refractivity contribution in [3.05, 3.63) is 41.0 Å². The topological polar surface area (TPSA) is 42.4 Å². The zero-order valence-corrected chi connectivity index (χ0v) is 12.8. The van der Waals surface area contributed by atoms with E-state index in [9.17, 15) is 4.79 Å². The van der Waals surface area contributed by atoms with Gasteiger partial charge >= 0.3 is 0 Å². The van der Waals surface area contributed by atoms with E-state index in [0.717, 1.165) is 23.7 Å². The molecule has 0 N–H and O–H groups in total. The monoisotopic (exact) mass is 304 g/mol. The van der Waals surface area contributed by atoms with Gasteiger partial charge in [-0.05, 0) is 43.2 Å². The third-order valence-electron chi connectivity index (χ3n) is 4.17. The molecule has 1 aromatic heterocycles. The van der Waals surface area contributed by atoms with E-state index in [2.05, 4.69) is 4.98 Å². The van der Waals surface area contributed by atoms with Crippen molar-refractivity contribution in [3.8, 4) is 0 Å². The lowest BCUT2D eigenvalue weighted by Gasteiger charge is -2.40. The van der Waals surface area contributed by atoms with Crippen LogP contribution in [0.15, 0.2) is 30.3 Å². The number of carbonyl (C=O) groups is 1. The first-order valence-electron chi connectivity index (χ1n) is 6.95. The molecule has 21 heavy (non-hydrogen) atoms. The Labute approximate surface area is 128 Å². The third-order valence-corrected chi connectivity index (χ3v) is 4.38. The van der Waals surface area contributed by atoms with Gasteiger partial charge in [0, 0.05) is 31.1 Å². The van der Waals surface area contributed by atoms with Gasteiger partial charge in [0.15, 0.2) is 0 Å². The van der Waals surface area contributed by atoms with Gasteiger partial charge in [0.2, 0.25) is 0 Å². The van der Waals surface area contributed by atoms with Crippen LogP contribution in [0, 0.1) is 0 Å². The molecule has 1 aliphatic rings. The Hall–Kier alpha value is -1.65. The molecule has 1 aromatic carbocycles. The van der Waals surface area contributed by atoms with Crippen molar-refractivity contribution in [3.63, 3.8) is 0 Å². The summed E-state index contributed by atoms with van der Waals surface area (Å²) >= 11 is 5.87. The molecule has 4 nitrogen and oxygen atoms in total. The Morgan fingerprint density at radius 1 is 1.33 bits per heavy atom. The number of halogens is 1. The van der Waals surface area contributed by atoms with Crippen LogP contribution in [0.25, 0.3) is 10.9 Å².